The van der Waals surface area contributed by atoms with E-state index >= 15 is 0 Å². The number of anilines is 1. The van der Waals surface area contributed by atoms with Crippen molar-refractivity contribution < 1.29 is 0 Å². The van der Waals surface area contributed by atoms with Crippen LogP contribution < -0.4 is 4.90 Å². The number of rotatable bonds is 2. The van der Waals surface area contributed by atoms with Crippen LogP contribution in [0.1, 0.15) is 32.8 Å². The minimum atomic E-state index is 0.0798. The van der Waals surface area contributed by atoms with Gasteiger partial charge in [-0.05, 0) is 36.0 Å². The third kappa shape index (κ3) is 2.51. The summed E-state index contributed by atoms with van der Waals surface area (Å²) in [6.07, 6.45) is 2.06. The molecule has 0 aliphatic carbocycles. The van der Waals surface area contributed by atoms with Crippen LogP contribution >= 0.6 is 0 Å². The normalized spacial score (nSPS) is 22.6. The summed E-state index contributed by atoms with van der Waals surface area (Å²) >= 11 is 0. The number of hydrogen-bond donors (Lipinski definition) is 0. The van der Waals surface area contributed by atoms with E-state index in [1.807, 2.05) is 0 Å². The Morgan fingerprint density at radius 1 is 1.33 bits per heavy atom. The average molecular weight is 242 g/mol. The lowest BCUT2D eigenvalue weighted by Gasteiger charge is -2.42. The SMILES string of the molecule is CCc1ccc(N2CCC(C#N)C(C)(C)C2)cc1. The van der Waals surface area contributed by atoms with E-state index in [4.69, 9.17) is 0 Å². The Hall–Kier alpha value is -1.49. The van der Waals surface area contributed by atoms with Gasteiger partial charge in [-0.3, -0.25) is 0 Å². The highest BCUT2D eigenvalue weighted by atomic mass is 15.1. The van der Waals surface area contributed by atoms with Gasteiger partial charge < -0.3 is 4.90 Å². The zero-order chi connectivity index (χ0) is 13.2. The van der Waals surface area contributed by atoms with Crippen molar-refractivity contribution in [1.82, 2.24) is 0 Å². The molecule has 1 unspecified atom stereocenters. The Labute approximate surface area is 110 Å². The maximum Gasteiger partial charge on any atom is 0.0662 e. The molecule has 1 fully saturated rings. The molecule has 1 aliphatic rings. The summed E-state index contributed by atoms with van der Waals surface area (Å²) in [5.41, 5.74) is 2.75. The van der Waals surface area contributed by atoms with Gasteiger partial charge in [-0.25, -0.2) is 0 Å². The number of aryl methyl sites for hydroxylation is 1. The van der Waals surface area contributed by atoms with Gasteiger partial charge in [0.05, 0.1) is 12.0 Å². The fourth-order valence-corrected chi connectivity index (χ4v) is 2.76. The molecule has 1 aromatic carbocycles. The smallest absolute Gasteiger partial charge is 0.0662 e. The molecule has 2 heteroatoms. The zero-order valence-electron chi connectivity index (χ0n) is 11.6. The Balaban J connectivity index is 2.13. The molecule has 1 aliphatic heterocycles. The number of benzene rings is 1. The van der Waals surface area contributed by atoms with Crippen LogP contribution in [0.4, 0.5) is 5.69 Å². The molecular weight excluding hydrogens is 220 g/mol. The third-order valence-electron chi connectivity index (χ3n) is 4.09. The standard InChI is InChI=1S/C16H22N2/c1-4-13-5-7-15(8-6-13)18-10-9-14(11-17)16(2,3)12-18/h5-8,14H,4,9-10,12H2,1-3H3. The monoisotopic (exact) mass is 242 g/mol. The summed E-state index contributed by atoms with van der Waals surface area (Å²) in [5.74, 6) is 0.184. The summed E-state index contributed by atoms with van der Waals surface area (Å²) in [6, 6.07) is 11.3. The third-order valence-corrected chi connectivity index (χ3v) is 4.09. The second kappa shape index (κ2) is 5.02. The van der Waals surface area contributed by atoms with Crippen molar-refractivity contribution in [3.8, 4) is 6.07 Å². The van der Waals surface area contributed by atoms with Gasteiger partial charge in [-0.15, -0.1) is 0 Å². The van der Waals surface area contributed by atoms with Gasteiger partial charge in [0.15, 0.2) is 0 Å². The van der Waals surface area contributed by atoms with E-state index in [-0.39, 0.29) is 11.3 Å². The molecule has 2 nitrogen and oxygen atoms in total. The van der Waals surface area contributed by atoms with E-state index in [2.05, 4.69) is 56.0 Å². The highest BCUT2D eigenvalue weighted by Gasteiger charge is 2.35. The molecule has 2 rings (SSSR count). The van der Waals surface area contributed by atoms with Gasteiger partial charge in [-0.1, -0.05) is 32.9 Å². The minimum absolute atomic E-state index is 0.0798. The lowest BCUT2D eigenvalue weighted by Crippen LogP contribution is -2.45. The van der Waals surface area contributed by atoms with Crippen molar-refractivity contribution in [1.29, 1.82) is 5.26 Å². The first-order valence-electron chi connectivity index (χ1n) is 6.80. The van der Waals surface area contributed by atoms with Crippen molar-refractivity contribution in [3.05, 3.63) is 29.8 Å². The predicted molar refractivity (Wildman–Crippen MR) is 75.5 cm³/mol. The van der Waals surface area contributed by atoms with Crippen molar-refractivity contribution in [3.63, 3.8) is 0 Å². The van der Waals surface area contributed by atoms with Gasteiger partial charge in [-0.2, -0.15) is 5.26 Å². The van der Waals surface area contributed by atoms with Crippen LogP contribution in [-0.2, 0) is 6.42 Å². The fourth-order valence-electron chi connectivity index (χ4n) is 2.76. The molecule has 1 heterocycles. The second-order valence-corrected chi connectivity index (χ2v) is 5.90. The van der Waals surface area contributed by atoms with E-state index in [0.29, 0.717) is 0 Å². The summed E-state index contributed by atoms with van der Waals surface area (Å²) in [4.78, 5) is 2.41. The van der Waals surface area contributed by atoms with Crippen LogP contribution in [0.25, 0.3) is 0 Å². The number of nitrogens with zero attached hydrogens (tertiary/aromatic N) is 2. The topological polar surface area (TPSA) is 27.0 Å². The maximum absolute atomic E-state index is 9.18. The fraction of sp³-hybridized carbons (Fsp3) is 0.562. The maximum atomic E-state index is 9.18. The lowest BCUT2D eigenvalue weighted by atomic mass is 9.74. The first kappa shape index (κ1) is 13.0. The second-order valence-electron chi connectivity index (χ2n) is 5.90. The van der Waals surface area contributed by atoms with E-state index < -0.39 is 0 Å². The molecule has 0 aromatic heterocycles. The van der Waals surface area contributed by atoms with Gasteiger partial charge in [0.2, 0.25) is 0 Å². The quantitative estimate of drug-likeness (QED) is 0.792. The summed E-state index contributed by atoms with van der Waals surface area (Å²) in [6.45, 7) is 8.54. The molecular formula is C16H22N2. The average Bonchev–Trinajstić information content (AvgIpc) is 2.37. The summed E-state index contributed by atoms with van der Waals surface area (Å²) in [5, 5.41) is 9.18. The van der Waals surface area contributed by atoms with E-state index in [1.54, 1.807) is 0 Å². The number of piperidine rings is 1. The van der Waals surface area contributed by atoms with Gasteiger partial charge in [0.25, 0.3) is 0 Å². The Morgan fingerprint density at radius 3 is 2.50 bits per heavy atom. The van der Waals surface area contributed by atoms with Gasteiger partial charge in [0.1, 0.15) is 0 Å². The van der Waals surface area contributed by atoms with Crippen LogP contribution in [-0.4, -0.2) is 13.1 Å². The summed E-state index contributed by atoms with van der Waals surface area (Å²) in [7, 11) is 0. The van der Waals surface area contributed by atoms with Crippen LogP contribution in [0.5, 0.6) is 0 Å². The van der Waals surface area contributed by atoms with Crippen molar-refractivity contribution in [2.45, 2.75) is 33.6 Å². The van der Waals surface area contributed by atoms with E-state index in [0.717, 1.165) is 25.9 Å². The van der Waals surface area contributed by atoms with E-state index in [1.165, 1.54) is 11.3 Å². The predicted octanol–water partition coefficient (Wildman–Crippen LogP) is 3.63. The number of hydrogen-bond acceptors (Lipinski definition) is 2. The molecule has 0 bridgehead atoms. The molecule has 0 radical (unpaired) electrons. The van der Waals surface area contributed by atoms with Gasteiger partial charge in [0, 0.05) is 18.8 Å². The van der Waals surface area contributed by atoms with Crippen LogP contribution in [0.2, 0.25) is 0 Å². The van der Waals surface area contributed by atoms with Crippen LogP contribution in [0.3, 0.4) is 0 Å². The molecule has 96 valence electrons. The highest BCUT2D eigenvalue weighted by molar-refractivity contribution is 5.48. The molecule has 1 saturated heterocycles. The van der Waals surface area contributed by atoms with Crippen LogP contribution in [0.15, 0.2) is 24.3 Å². The Kier molecular flexibility index (Phi) is 3.61. The molecule has 0 spiro atoms. The molecule has 0 amide bonds. The molecule has 1 atom stereocenters. The highest BCUT2D eigenvalue weighted by Crippen LogP contribution is 2.36. The molecule has 0 saturated carbocycles. The van der Waals surface area contributed by atoms with Crippen molar-refractivity contribution >= 4 is 5.69 Å². The Bertz CT molecular complexity index is 439. The zero-order valence-corrected chi connectivity index (χ0v) is 11.6. The number of nitriles is 1. The van der Waals surface area contributed by atoms with Crippen molar-refractivity contribution in [2.24, 2.45) is 11.3 Å². The minimum Gasteiger partial charge on any atom is -0.371 e. The molecule has 18 heavy (non-hydrogen) atoms. The molecule has 1 aromatic rings. The lowest BCUT2D eigenvalue weighted by molar-refractivity contribution is 0.226. The molecule has 0 N–H and O–H groups in total. The van der Waals surface area contributed by atoms with Gasteiger partial charge >= 0.3 is 0 Å². The van der Waals surface area contributed by atoms with E-state index in [9.17, 15) is 5.26 Å². The summed E-state index contributed by atoms with van der Waals surface area (Å²) < 4.78 is 0. The van der Waals surface area contributed by atoms with Crippen LogP contribution in [0, 0.1) is 22.7 Å². The Morgan fingerprint density at radius 2 is 2.00 bits per heavy atom. The largest absolute Gasteiger partial charge is 0.371 e. The van der Waals surface area contributed by atoms with Crippen molar-refractivity contribution in [2.75, 3.05) is 18.0 Å². The first-order chi connectivity index (χ1) is 8.56. The first-order valence-corrected chi connectivity index (χ1v) is 6.80.